The van der Waals surface area contributed by atoms with Crippen molar-refractivity contribution < 1.29 is 4.79 Å². The number of thiophene rings is 1. The number of hydrogen-bond donors (Lipinski definition) is 1. The predicted octanol–water partition coefficient (Wildman–Crippen LogP) is 2.44. The molecule has 0 aliphatic rings. The lowest BCUT2D eigenvalue weighted by atomic mass is 10.1. The van der Waals surface area contributed by atoms with Crippen molar-refractivity contribution in [3.63, 3.8) is 0 Å². The van der Waals surface area contributed by atoms with Gasteiger partial charge in [-0.1, -0.05) is 6.92 Å². The molecule has 1 N–H and O–H groups in total. The van der Waals surface area contributed by atoms with Crippen LogP contribution in [0.25, 0.3) is 0 Å². The minimum atomic E-state index is -0.135. The summed E-state index contributed by atoms with van der Waals surface area (Å²) in [5.74, 6) is 0.612. The predicted molar refractivity (Wildman–Crippen MR) is 89.2 cm³/mol. The fourth-order valence-corrected chi connectivity index (χ4v) is 3.31. The van der Waals surface area contributed by atoms with Gasteiger partial charge >= 0.3 is 0 Å². The van der Waals surface area contributed by atoms with Crippen molar-refractivity contribution in [2.24, 2.45) is 0 Å². The molecule has 0 aromatic carbocycles. The fraction of sp³-hybridized carbons (Fsp3) is 0.438. The molecule has 1 unspecified atom stereocenters. The van der Waals surface area contributed by atoms with Crippen molar-refractivity contribution in [3.05, 3.63) is 45.7 Å². The molecule has 2 rings (SSSR count). The topological polar surface area (TPSA) is 58.1 Å². The third-order valence-corrected chi connectivity index (χ3v) is 4.69. The Balaban J connectivity index is 2.03. The Kier molecular flexibility index (Phi) is 5.63. The quantitative estimate of drug-likeness (QED) is 0.889. The number of nitrogens with zero attached hydrogens (tertiary/aromatic N) is 3. The number of carbonyl (C=O) groups is 1. The molecule has 0 aliphatic heterocycles. The van der Waals surface area contributed by atoms with Crippen LogP contribution >= 0.6 is 11.3 Å². The van der Waals surface area contributed by atoms with E-state index < -0.39 is 0 Å². The van der Waals surface area contributed by atoms with E-state index in [0.29, 0.717) is 12.1 Å². The van der Waals surface area contributed by atoms with Gasteiger partial charge in [0.2, 0.25) is 0 Å². The molecule has 22 heavy (non-hydrogen) atoms. The zero-order valence-corrected chi connectivity index (χ0v) is 14.3. The van der Waals surface area contributed by atoms with Crippen LogP contribution < -0.4 is 5.32 Å². The molecule has 0 bridgehead atoms. The molecule has 1 amide bonds. The first-order chi connectivity index (χ1) is 10.5. The van der Waals surface area contributed by atoms with E-state index >= 15 is 0 Å². The molecule has 0 radical (unpaired) electrons. The average molecular weight is 318 g/mol. The number of nitrogens with one attached hydrogen (secondary N) is 1. The van der Waals surface area contributed by atoms with E-state index in [9.17, 15) is 4.79 Å². The van der Waals surface area contributed by atoms with Crippen LogP contribution in [-0.4, -0.2) is 41.4 Å². The SMILES string of the molecule is CCc1ncc(C(=O)NCC(c2sccc2C)N(C)C)cn1. The molecular formula is C16H22N4OS. The van der Waals surface area contributed by atoms with Gasteiger partial charge in [0.1, 0.15) is 5.82 Å². The van der Waals surface area contributed by atoms with Gasteiger partial charge in [-0.3, -0.25) is 4.79 Å². The zero-order valence-electron chi connectivity index (χ0n) is 13.5. The smallest absolute Gasteiger partial charge is 0.254 e. The van der Waals surface area contributed by atoms with E-state index in [1.54, 1.807) is 23.7 Å². The van der Waals surface area contributed by atoms with Gasteiger partial charge in [0.05, 0.1) is 11.6 Å². The number of rotatable bonds is 6. The minimum absolute atomic E-state index is 0.135. The molecule has 0 saturated carbocycles. The molecule has 6 heteroatoms. The van der Waals surface area contributed by atoms with Crippen LogP contribution in [0, 0.1) is 6.92 Å². The lowest BCUT2D eigenvalue weighted by molar-refractivity contribution is 0.0941. The summed E-state index contributed by atoms with van der Waals surface area (Å²) in [4.78, 5) is 23.9. The number of likely N-dealkylation sites (N-methyl/N-ethyl adjacent to an activating group) is 1. The number of hydrogen-bond acceptors (Lipinski definition) is 5. The summed E-state index contributed by atoms with van der Waals surface area (Å²) < 4.78 is 0. The highest BCUT2D eigenvalue weighted by Crippen LogP contribution is 2.26. The normalized spacial score (nSPS) is 12.4. The number of aromatic nitrogens is 2. The molecule has 2 heterocycles. The summed E-state index contributed by atoms with van der Waals surface area (Å²) in [7, 11) is 4.05. The number of carbonyl (C=O) groups excluding carboxylic acids is 1. The van der Waals surface area contributed by atoms with Crippen LogP contribution in [0.5, 0.6) is 0 Å². The monoisotopic (exact) mass is 318 g/mol. The zero-order chi connectivity index (χ0) is 16.1. The van der Waals surface area contributed by atoms with Gasteiger partial charge in [-0.25, -0.2) is 9.97 Å². The molecular weight excluding hydrogens is 296 g/mol. The van der Waals surface area contributed by atoms with Crippen LogP contribution in [-0.2, 0) is 6.42 Å². The van der Waals surface area contributed by atoms with E-state index in [-0.39, 0.29) is 11.9 Å². The molecule has 118 valence electrons. The summed E-state index contributed by atoms with van der Waals surface area (Å²) in [6, 6.07) is 2.27. The molecule has 2 aromatic heterocycles. The van der Waals surface area contributed by atoms with E-state index in [1.165, 1.54) is 10.4 Å². The van der Waals surface area contributed by atoms with Gasteiger partial charge in [-0.2, -0.15) is 0 Å². The van der Waals surface area contributed by atoms with Crippen molar-refractivity contribution in [1.29, 1.82) is 0 Å². The van der Waals surface area contributed by atoms with Gasteiger partial charge in [0.25, 0.3) is 5.91 Å². The lowest BCUT2D eigenvalue weighted by Gasteiger charge is -2.24. The minimum Gasteiger partial charge on any atom is -0.350 e. The molecule has 0 spiro atoms. The van der Waals surface area contributed by atoms with Gasteiger partial charge in [-0.15, -0.1) is 11.3 Å². The maximum absolute atomic E-state index is 12.2. The second-order valence-electron chi connectivity index (χ2n) is 5.40. The van der Waals surface area contributed by atoms with Crippen LogP contribution in [0.2, 0.25) is 0 Å². The fourth-order valence-electron chi connectivity index (χ4n) is 2.18. The van der Waals surface area contributed by atoms with E-state index in [0.717, 1.165) is 12.2 Å². The van der Waals surface area contributed by atoms with E-state index in [4.69, 9.17) is 0 Å². The molecule has 1 atom stereocenters. The molecule has 0 aliphatic carbocycles. The van der Waals surface area contributed by atoms with Crippen LogP contribution in [0.4, 0.5) is 0 Å². The van der Waals surface area contributed by atoms with Crippen molar-refractivity contribution >= 4 is 17.2 Å². The van der Waals surface area contributed by atoms with Crippen molar-refractivity contribution in [2.45, 2.75) is 26.3 Å². The van der Waals surface area contributed by atoms with Crippen LogP contribution in [0.1, 0.15) is 39.6 Å². The highest BCUT2D eigenvalue weighted by molar-refractivity contribution is 7.10. The second-order valence-corrected chi connectivity index (χ2v) is 6.35. The van der Waals surface area contributed by atoms with E-state index in [1.807, 2.05) is 21.0 Å². The Morgan fingerprint density at radius 2 is 2.05 bits per heavy atom. The third kappa shape index (κ3) is 3.90. The summed E-state index contributed by atoms with van der Waals surface area (Å²) >= 11 is 1.72. The Labute approximate surface area is 135 Å². The Morgan fingerprint density at radius 1 is 1.36 bits per heavy atom. The van der Waals surface area contributed by atoms with Gasteiger partial charge in [-0.05, 0) is 38.0 Å². The maximum Gasteiger partial charge on any atom is 0.254 e. The van der Waals surface area contributed by atoms with Crippen LogP contribution in [0.15, 0.2) is 23.8 Å². The first-order valence-electron chi connectivity index (χ1n) is 7.32. The summed E-state index contributed by atoms with van der Waals surface area (Å²) in [6.07, 6.45) is 3.94. The van der Waals surface area contributed by atoms with Crippen LogP contribution in [0.3, 0.4) is 0 Å². The van der Waals surface area contributed by atoms with Gasteiger partial charge in [0.15, 0.2) is 0 Å². The number of aryl methyl sites for hydroxylation is 2. The average Bonchev–Trinajstić information content (AvgIpc) is 2.93. The molecule has 0 saturated heterocycles. The number of amides is 1. The van der Waals surface area contributed by atoms with Crippen molar-refractivity contribution in [2.75, 3.05) is 20.6 Å². The standard InChI is InChI=1S/C16H22N4OS/c1-5-14-17-8-12(9-18-14)16(21)19-10-13(20(3)4)15-11(2)6-7-22-15/h6-9,13H,5,10H2,1-4H3,(H,19,21). The Bertz CT molecular complexity index is 621. The molecule has 2 aromatic rings. The van der Waals surface area contributed by atoms with Crippen molar-refractivity contribution in [3.8, 4) is 0 Å². The lowest BCUT2D eigenvalue weighted by Crippen LogP contribution is -2.34. The summed E-state index contributed by atoms with van der Waals surface area (Å²) in [5.41, 5.74) is 1.76. The summed E-state index contributed by atoms with van der Waals surface area (Å²) in [6.45, 7) is 4.64. The Hall–Kier alpha value is -1.79. The molecule has 0 fully saturated rings. The Morgan fingerprint density at radius 3 is 2.55 bits per heavy atom. The maximum atomic E-state index is 12.2. The summed E-state index contributed by atoms with van der Waals surface area (Å²) in [5, 5.41) is 5.06. The molecule has 5 nitrogen and oxygen atoms in total. The highest BCUT2D eigenvalue weighted by Gasteiger charge is 2.19. The van der Waals surface area contributed by atoms with Crippen molar-refractivity contribution in [1.82, 2.24) is 20.2 Å². The second kappa shape index (κ2) is 7.47. The third-order valence-electron chi connectivity index (χ3n) is 3.57. The van der Waals surface area contributed by atoms with E-state index in [2.05, 4.69) is 38.6 Å². The highest BCUT2D eigenvalue weighted by atomic mass is 32.1. The van der Waals surface area contributed by atoms with Gasteiger partial charge < -0.3 is 10.2 Å². The first-order valence-corrected chi connectivity index (χ1v) is 8.20. The largest absolute Gasteiger partial charge is 0.350 e. The first kappa shape index (κ1) is 16.6. The van der Waals surface area contributed by atoms with Gasteiger partial charge in [0, 0.05) is 30.2 Å².